The van der Waals surface area contributed by atoms with E-state index >= 15 is 0 Å². The van der Waals surface area contributed by atoms with Crippen LogP contribution in [0.5, 0.6) is 0 Å². The third kappa shape index (κ3) is 4.51. The molecule has 29 heavy (non-hydrogen) atoms. The molecule has 0 amide bonds. The Kier molecular flexibility index (Phi) is 6.70. The van der Waals surface area contributed by atoms with Gasteiger partial charge in [-0.1, -0.05) is 26.0 Å². The van der Waals surface area contributed by atoms with Crippen molar-refractivity contribution in [2.45, 2.75) is 52.6 Å². The molecule has 5 atom stereocenters. The second kappa shape index (κ2) is 9.05. The summed E-state index contributed by atoms with van der Waals surface area (Å²) in [6.07, 6.45) is 0.622. The monoisotopic (exact) mass is 403 g/mol. The van der Waals surface area contributed by atoms with E-state index in [1.165, 1.54) is 12.1 Å². The van der Waals surface area contributed by atoms with E-state index in [0.717, 1.165) is 24.0 Å². The number of nitro benzene ring substituents is 1. The number of carbonyl (C=O) groups is 1. The maximum atomic E-state index is 12.6. The summed E-state index contributed by atoms with van der Waals surface area (Å²) in [4.78, 5) is 23.0. The standard InChI is InChI=1S/C22H29NO6/c1-5-27-21(24)20-19-17(13(2)3)11-6-14(4)18(19)22(29-20)28-12-15-7-9-16(10-8-15)23(25)26/h7-10,13,17-20,22H,4-6,11-12H2,1-3H3/t17-,18?,19?,20-,22+/m1/s1. The zero-order valence-electron chi connectivity index (χ0n) is 17.2. The van der Waals surface area contributed by atoms with Crippen molar-refractivity contribution in [1.82, 2.24) is 0 Å². The lowest BCUT2D eigenvalue weighted by molar-refractivity contribution is -0.384. The lowest BCUT2D eigenvalue weighted by Gasteiger charge is -2.39. The molecule has 1 heterocycles. The molecule has 0 radical (unpaired) electrons. The molecule has 7 nitrogen and oxygen atoms in total. The van der Waals surface area contributed by atoms with Gasteiger partial charge in [0.2, 0.25) is 0 Å². The van der Waals surface area contributed by atoms with Crippen LogP contribution in [0.4, 0.5) is 5.69 Å². The number of hydrogen-bond acceptors (Lipinski definition) is 6. The molecular formula is C22H29NO6. The number of nitrogens with zero attached hydrogens (tertiary/aromatic N) is 1. The minimum atomic E-state index is -0.661. The Labute approximate surface area is 171 Å². The van der Waals surface area contributed by atoms with Gasteiger partial charge in [-0.3, -0.25) is 10.1 Å². The van der Waals surface area contributed by atoms with Crippen molar-refractivity contribution in [2.24, 2.45) is 23.7 Å². The van der Waals surface area contributed by atoms with Crippen LogP contribution in [0.3, 0.4) is 0 Å². The van der Waals surface area contributed by atoms with E-state index < -0.39 is 17.3 Å². The molecule has 2 unspecified atom stereocenters. The summed E-state index contributed by atoms with van der Waals surface area (Å²) in [6.45, 7) is 10.9. The zero-order valence-corrected chi connectivity index (χ0v) is 17.2. The van der Waals surface area contributed by atoms with E-state index in [1.54, 1.807) is 19.1 Å². The number of non-ortho nitro benzene ring substituents is 1. The molecule has 1 saturated heterocycles. The highest BCUT2D eigenvalue weighted by atomic mass is 16.7. The Bertz CT molecular complexity index is 759. The molecule has 1 aromatic rings. The number of esters is 1. The molecule has 3 rings (SSSR count). The summed E-state index contributed by atoms with van der Waals surface area (Å²) in [5, 5.41) is 10.8. The van der Waals surface area contributed by atoms with Crippen LogP contribution in [-0.4, -0.2) is 29.9 Å². The van der Waals surface area contributed by atoms with Crippen molar-refractivity contribution < 1.29 is 23.9 Å². The van der Waals surface area contributed by atoms with Crippen LogP contribution in [0.15, 0.2) is 36.4 Å². The van der Waals surface area contributed by atoms with Crippen molar-refractivity contribution in [3.05, 3.63) is 52.1 Å². The SMILES string of the molecule is C=C1CC[C@H](C(C)C)C2C1[C@@H](OCc1ccc([N+](=O)[O-])cc1)O[C@H]2C(=O)OCC. The molecule has 1 aliphatic carbocycles. The Balaban J connectivity index is 1.78. The smallest absolute Gasteiger partial charge is 0.335 e. The van der Waals surface area contributed by atoms with Gasteiger partial charge in [0.1, 0.15) is 0 Å². The molecule has 2 fully saturated rings. The van der Waals surface area contributed by atoms with Crippen LogP contribution >= 0.6 is 0 Å². The number of benzene rings is 1. The topological polar surface area (TPSA) is 87.9 Å². The quantitative estimate of drug-likeness (QED) is 0.293. The minimum Gasteiger partial charge on any atom is -0.464 e. The maximum absolute atomic E-state index is 12.6. The lowest BCUT2D eigenvalue weighted by Crippen LogP contribution is -2.40. The first-order valence-electron chi connectivity index (χ1n) is 10.2. The summed E-state index contributed by atoms with van der Waals surface area (Å²) < 4.78 is 17.4. The largest absolute Gasteiger partial charge is 0.464 e. The number of rotatable bonds is 7. The molecule has 0 N–H and O–H groups in total. The summed E-state index contributed by atoms with van der Waals surface area (Å²) in [6, 6.07) is 6.24. The fourth-order valence-electron chi connectivity index (χ4n) is 4.61. The van der Waals surface area contributed by atoms with E-state index in [1.807, 2.05) is 0 Å². The van der Waals surface area contributed by atoms with Gasteiger partial charge in [0, 0.05) is 24.0 Å². The van der Waals surface area contributed by atoms with Crippen LogP contribution in [-0.2, 0) is 25.6 Å². The highest BCUT2D eigenvalue weighted by molar-refractivity contribution is 5.75. The maximum Gasteiger partial charge on any atom is 0.335 e. The van der Waals surface area contributed by atoms with Gasteiger partial charge in [-0.25, -0.2) is 4.79 Å². The summed E-state index contributed by atoms with van der Waals surface area (Å²) >= 11 is 0. The number of ether oxygens (including phenoxy) is 3. The molecular weight excluding hydrogens is 374 g/mol. The van der Waals surface area contributed by atoms with Gasteiger partial charge in [-0.15, -0.1) is 0 Å². The van der Waals surface area contributed by atoms with Gasteiger partial charge >= 0.3 is 5.97 Å². The number of carbonyl (C=O) groups excluding carboxylic acids is 1. The first-order valence-corrected chi connectivity index (χ1v) is 10.2. The molecule has 1 aromatic carbocycles. The van der Waals surface area contributed by atoms with Crippen LogP contribution < -0.4 is 0 Å². The highest BCUT2D eigenvalue weighted by Gasteiger charge is 2.55. The van der Waals surface area contributed by atoms with Crippen LogP contribution in [0.25, 0.3) is 0 Å². The Hall–Kier alpha value is -2.25. The van der Waals surface area contributed by atoms with E-state index in [9.17, 15) is 14.9 Å². The second-order valence-corrected chi connectivity index (χ2v) is 8.12. The molecule has 158 valence electrons. The number of nitro groups is 1. The van der Waals surface area contributed by atoms with Crippen molar-refractivity contribution in [2.75, 3.05) is 6.61 Å². The third-order valence-corrected chi connectivity index (χ3v) is 6.04. The molecule has 1 aliphatic heterocycles. The third-order valence-electron chi connectivity index (χ3n) is 6.04. The van der Waals surface area contributed by atoms with Crippen LogP contribution in [0, 0.1) is 33.8 Å². The van der Waals surface area contributed by atoms with Crippen molar-refractivity contribution in [3.63, 3.8) is 0 Å². The van der Waals surface area contributed by atoms with Crippen LogP contribution in [0.1, 0.15) is 39.2 Å². The second-order valence-electron chi connectivity index (χ2n) is 8.12. The average molecular weight is 403 g/mol. The highest BCUT2D eigenvalue weighted by Crippen LogP contribution is 2.51. The summed E-state index contributed by atoms with van der Waals surface area (Å²) in [5.74, 6) is 0.308. The predicted molar refractivity (Wildman–Crippen MR) is 107 cm³/mol. The van der Waals surface area contributed by atoms with Gasteiger partial charge < -0.3 is 14.2 Å². The molecule has 0 aromatic heterocycles. The van der Waals surface area contributed by atoms with Gasteiger partial charge in [-0.2, -0.15) is 0 Å². The van der Waals surface area contributed by atoms with E-state index in [2.05, 4.69) is 20.4 Å². The van der Waals surface area contributed by atoms with E-state index in [4.69, 9.17) is 14.2 Å². The van der Waals surface area contributed by atoms with Gasteiger partial charge in [0.25, 0.3) is 5.69 Å². The molecule has 2 aliphatic rings. The van der Waals surface area contributed by atoms with Crippen LogP contribution in [0.2, 0.25) is 0 Å². The van der Waals surface area contributed by atoms with Crippen molar-refractivity contribution >= 4 is 11.7 Å². The number of hydrogen-bond donors (Lipinski definition) is 0. The fourth-order valence-corrected chi connectivity index (χ4v) is 4.61. The van der Waals surface area contributed by atoms with Gasteiger partial charge in [0.05, 0.1) is 18.1 Å². The normalized spacial score (nSPS) is 29.0. The van der Waals surface area contributed by atoms with Crippen molar-refractivity contribution in [3.8, 4) is 0 Å². The van der Waals surface area contributed by atoms with E-state index in [-0.39, 0.29) is 30.1 Å². The van der Waals surface area contributed by atoms with E-state index in [0.29, 0.717) is 18.4 Å². The molecule has 7 heteroatoms. The number of fused-ring (bicyclic) bond motifs is 1. The minimum absolute atomic E-state index is 0.0165. The fraction of sp³-hybridized carbons (Fsp3) is 0.591. The first-order chi connectivity index (χ1) is 13.8. The Morgan fingerprint density at radius 1 is 1.34 bits per heavy atom. The molecule has 0 bridgehead atoms. The average Bonchev–Trinajstić information content (AvgIpc) is 3.07. The molecule has 1 saturated carbocycles. The molecule has 0 spiro atoms. The summed E-state index contributed by atoms with van der Waals surface area (Å²) in [7, 11) is 0. The zero-order chi connectivity index (χ0) is 21.1. The predicted octanol–water partition coefficient (Wildman–Crippen LogP) is 4.25. The Morgan fingerprint density at radius 3 is 2.62 bits per heavy atom. The van der Waals surface area contributed by atoms with Crippen molar-refractivity contribution in [1.29, 1.82) is 0 Å². The van der Waals surface area contributed by atoms with Gasteiger partial charge in [0.15, 0.2) is 12.4 Å². The first kappa shape index (κ1) is 21.5. The summed E-state index contributed by atoms with van der Waals surface area (Å²) in [5.41, 5.74) is 1.89. The lowest BCUT2D eigenvalue weighted by atomic mass is 9.65. The van der Waals surface area contributed by atoms with Gasteiger partial charge in [-0.05, 0) is 49.3 Å². The Morgan fingerprint density at radius 2 is 2.03 bits per heavy atom.